The van der Waals surface area contributed by atoms with Gasteiger partial charge in [-0.1, -0.05) is 37.8 Å². The first kappa shape index (κ1) is 13.9. The van der Waals surface area contributed by atoms with Crippen molar-refractivity contribution in [3.05, 3.63) is 42.0 Å². The number of hydrogen-bond donors (Lipinski definition) is 0. The fraction of sp³-hybridized carbons (Fsp3) is 0.467. The molecule has 1 aromatic carbocycles. The van der Waals surface area contributed by atoms with Crippen LogP contribution in [-0.2, 0) is 16.1 Å². The summed E-state index contributed by atoms with van der Waals surface area (Å²) in [6.45, 7) is 10.4. The maximum absolute atomic E-state index is 5.73. The first-order valence-corrected chi connectivity index (χ1v) is 6.14. The Morgan fingerprint density at radius 3 is 2.71 bits per heavy atom. The molecule has 0 aliphatic heterocycles. The van der Waals surface area contributed by atoms with E-state index in [0.29, 0.717) is 6.61 Å². The minimum absolute atomic E-state index is 0.123. The van der Waals surface area contributed by atoms with Gasteiger partial charge in [0.25, 0.3) is 0 Å². The van der Waals surface area contributed by atoms with E-state index in [2.05, 4.69) is 25.6 Å². The molecule has 0 spiro atoms. The zero-order valence-electron chi connectivity index (χ0n) is 11.0. The molecule has 1 rings (SSSR count). The van der Waals surface area contributed by atoms with Gasteiger partial charge in [-0.2, -0.15) is 0 Å². The van der Waals surface area contributed by atoms with Crippen molar-refractivity contribution in [1.29, 1.82) is 0 Å². The summed E-state index contributed by atoms with van der Waals surface area (Å²) >= 11 is 0. The fourth-order valence-electron chi connectivity index (χ4n) is 1.56. The van der Waals surface area contributed by atoms with Gasteiger partial charge in [0.05, 0.1) is 12.7 Å². The third-order valence-corrected chi connectivity index (χ3v) is 2.38. The largest absolute Gasteiger partial charge is 0.350 e. The van der Waals surface area contributed by atoms with Crippen LogP contribution in [0.25, 0.3) is 6.08 Å². The molecular formula is C15H22O2. The molecule has 0 N–H and O–H groups in total. The van der Waals surface area contributed by atoms with E-state index in [4.69, 9.17) is 9.47 Å². The zero-order valence-corrected chi connectivity index (χ0v) is 11.0. The zero-order chi connectivity index (χ0) is 12.7. The molecule has 2 nitrogen and oxygen atoms in total. The Morgan fingerprint density at radius 1 is 1.35 bits per heavy atom. The topological polar surface area (TPSA) is 18.5 Å². The second kappa shape index (κ2) is 7.25. The van der Waals surface area contributed by atoms with Gasteiger partial charge in [-0.15, -0.1) is 0 Å². The van der Waals surface area contributed by atoms with E-state index in [9.17, 15) is 0 Å². The minimum Gasteiger partial charge on any atom is -0.350 e. The quantitative estimate of drug-likeness (QED) is 0.664. The molecule has 1 atom stereocenters. The highest BCUT2D eigenvalue weighted by Crippen LogP contribution is 2.11. The Balaban J connectivity index is 2.50. The van der Waals surface area contributed by atoms with Gasteiger partial charge < -0.3 is 9.47 Å². The molecule has 0 radical (unpaired) electrons. The van der Waals surface area contributed by atoms with Crippen molar-refractivity contribution in [3.8, 4) is 0 Å². The molecule has 0 saturated heterocycles. The second-order valence-electron chi connectivity index (χ2n) is 4.28. The van der Waals surface area contributed by atoms with Gasteiger partial charge in [-0.25, -0.2) is 0 Å². The third-order valence-electron chi connectivity index (χ3n) is 2.38. The van der Waals surface area contributed by atoms with E-state index in [1.165, 1.54) is 0 Å². The maximum atomic E-state index is 5.73. The Kier molecular flexibility index (Phi) is 5.95. The lowest BCUT2D eigenvalue weighted by molar-refractivity contribution is -0.170. The van der Waals surface area contributed by atoms with Crippen LogP contribution in [0.1, 0.15) is 38.3 Å². The Labute approximate surface area is 104 Å². The molecule has 0 fully saturated rings. The molecule has 1 aromatic rings. The van der Waals surface area contributed by atoms with Crippen molar-refractivity contribution in [2.24, 2.45) is 0 Å². The summed E-state index contributed by atoms with van der Waals surface area (Å²) in [5.74, 6) is 0. The smallest absolute Gasteiger partial charge is 0.158 e. The molecule has 0 aliphatic carbocycles. The predicted octanol–water partition coefficient (Wildman–Crippen LogP) is 4.01. The van der Waals surface area contributed by atoms with Crippen molar-refractivity contribution in [1.82, 2.24) is 0 Å². The molecule has 1 unspecified atom stereocenters. The molecular weight excluding hydrogens is 212 g/mol. The van der Waals surface area contributed by atoms with Crippen LogP contribution in [-0.4, -0.2) is 12.4 Å². The lowest BCUT2D eigenvalue weighted by atomic mass is 10.1. The summed E-state index contributed by atoms with van der Waals surface area (Å²) in [4.78, 5) is 0. The molecule has 0 aromatic heterocycles. The Morgan fingerprint density at radius 2 is 2.12 bits per heavy atom. The lowest BCUT2D eigenvalue weighted by Gasteiger charge is -2.19. The Hall–Kier alpha value is -1.12. The first-order valence-electron chi connectivity index (χ1n) is 6.14. The second-order valence-corrected chi connectivity index (χ2v) is 4.28. The summed E-state index contributed by atoms with van der Waals surface area (Å²) < 4.78 is 11.4. The van der Waals surface area contributed by atoms with Crippen LogP contribution in [0.15, 0.2) is 30.8 Å². The van der Waals surface area contributed by atoms with Crippen LogP contribution in [0.4, 0.5) is 0 Å². The van der Waals surface area contributed by atoms with Gasteiger partial charge in [0.2, 0.25) is 0 Å². The highest BCUT2D eigenvalue weighted by molar-refractivity contribution is 5.47. The van der Waals surface area contributed by atoms with Crippen LogP contribution in [0.3, 0.4) is 0 Å². The highest BCUT2D eigenvalue weighted by Gasteiger charge is 2.08. The van der Waals surface area contributed by atoms with Crippen molar-refractivity contribution < 1.29 is 9.47 Å². The molecule has 17 heavy (non-hydrogen) atoms. The normalized spacial score (nSPS) is 12.7. The van der Waals surface area contributed by atoms with Crippen LogP contribution < -0.4 is 0 Å². The summed E-state index contributed by atoms with van der Waals surface area (Å²) in [7, 11) is 0. The number of ether oxygens (including phenoxy) is 2. The molecule has 0 saturated carbocycles. The van der Waals surface area contributed by atoms with E-state index in [0.717, 1.165) is 17.5 Å². The van der Waals surface area contributed by atoms with E-state index in [1.807, 2.05) is 32.1 Å². The summed E-state index contributed by atoms with van der Waals surface area (Å²) in [5.41, 5.74) is 2.26. The van der Waals surface area contributed by atoms with Crippen LogP contribution >= 0.6 is 0 Å². The first-order chi connectivity index (χ1) is 8.15. The Bertz CT molecular complexity index is 345. The van der Waals surface area contributed by atoms with E-state index in [1.54, 1.807) is 0 Å². The van der Waals surface area contributed by atoms with Gasteiger partial charge in [-0.3, -0.25) is 0 Å². The van der Waals surface area contributed by atoms with E-state index < -0.39 is 0 Å². The lowest BCUT2D eigenvalue weighted by Crippen LogP contribution is -2.20. The SMILES string of the molecule is C=Cc1cccc(COC(CC)OC(C)C)c1. The van der Waals surface area contributed by atoms with Gasteiger partial charge in [0, 0.05) is 0 Å². The minimum atomic E-state index is -0.123. The molecule has 0 bridgehead atoms. The van der Waals surface area contributed by atoms with Gasteiger partial charge >= 0.3 is 0 Å². The number of hydrogen-bond acceptors (Lipinski definition) is 2. The molecule has 0 amide bonds. The van der Waals surface area contributed by atoms with Crippen LogP contribution in [0.2, 0.25) is 0 Å². The average molecular weight is 234 g/mol. The molecule has 94 valence electrons. The van der Waals surface area contributed by atoms with Crippen molar-refractivity contribution in [2.75, 3.05) is 0 Å². The standard InChI is InChI=1S/C15H22O2/c1-5-13-8-7-9-14(10-13)11-16-15(6-2)17-12(3)4/h5,7-10,12,15H,1,6,11H2,2-4H3. The van der Waals surface area contributed by atoms with E-state index >= 15 is 0 Å². The maximum Gasteiger partial charge on any atom is 0.158 e. The number of benzene rings is 1. The van der Waals surface area contributed by atoms with Gasteiger partial charge in [0.1, 0.15) is 0 Å². The third kappa shape index (κ3) is 5.16. The number of rotatable bonds is 7. The summed E-state index contributed by atoms with van der Waals surface area (Å²) in [6.07, 6.45) is 2.77. The van der Waals surface area contributed by atoms with E-state index in [-0.39, 0.29) is 12.4 Å². The molecule has 2 heteroatoms. The summed E-state index contributed by atoms with van der Waals surface area (Å²) in [5, 5.41) is 0. The molecule has 0 aliphatic rings. The monoisotopic (exact) mass is 234 g/mol. The van der Waals surface area contributed by atoms with Crippen molar-refractivity contribution in [3.63, 3.8) is 0 Å². The van der Waals surface area contributed by atoms with Gasteiger partial charge in [-0.05, 0) is 37.5 Å². The van der Waals surface area contributed by atoms with Crippen molar-refractivity contribution >= 4 is 6.08 Å². The summed E-state index contributed by atoms with van der Waals surface area (Å²) in [6, 6.07) is 8.17. The van der Waals surface area contributed by atoms with Crippen LogP contribution in [0.5, 0.6) is 0 Å². The van der Waals surface area contributed by atoms with Gasteiger partial charge in [0.15, 0.2) is 6.29 Å². The molecule has 0 heterocycles. The fourth-order valence-corrected chi connectivity index (χ4v) is 1.56. The predicted molar refractivity (Wildman–Crippen MR) is 71.6 cm³/mol. The highest BCUT2D eigenvalue weighted by atomic mass is 16.7. The van der Waals surface area contributed by atoms with Crippen LogP contribution in [0, 0.1) is 0 Å². The average Bonchev–Trinajstić information content (AvgIpc) is 2.34. The van der Waals surface area contributed by atoms with Crippen molar-refractivity contribution in [2.45, 2.75) is 46.2 Å².